The molecule has 0 heterocycles. The number of rotatable bonds is 9. The monoisotopic (exact) mass is 283 g/mol. The van der Waals surface area contributed by atoms with Gasteiger partial charge in [-0.25, -0.2) is 0 Å². The molecule has 4 heteroatoms. The van der Waals surface area contributed by atoms with E-state index >= 15 is 0 Å². The Kier molecular flexibility index (Phi) is 7.28. The van der Waals surface area contributed by atoms with Crippen LogP contribution in [0.15, 0.2) is 29.2 Å². The van der Waals surface area contributed by atoms with Gasteiger partial charge in [0.25, 0.3) is 0 Å². The quantitative estimate of drug-likeness (QED) is 0.540. The Balaban J connectivity index is 2.29. The molecule has 0 aliphatic heterocycles. The number of methoxy groups -OCH3 is 1. The lowest BCUT2D eigenvalue weighted by Crippen LogP contribution is -2.45. The molecule has 0 aliphatic carbocycles. The van der Waals surface area contributed by atoms with Crippen molar-refractivity contribution < 1.29 is 9.84 Å². The average Bonchev–Trinajstić information content (AvgIpc) is 2.44. The predicted octanol–water partition coefficient (Wildman–Crippen LogP) is 2.93. The van der Waals surface area contributed by atoms with Crippen LogP contribution in [0.4, 0.5) is 0 Å². The standard InChI is InChI=1S/C15H25NO2S/c1-4-16-15(2,12-17)10-5-11-19-14-8-6-13(18-3)7-9-14/h6-9,16-17H,4-5,10-12H2,1-3H3. The highest BCUT2D eigenvalue weighted by Crippen LogP contribution is 2.23. The van der Waals surface area contributed by atoms with Crippen molar-refractivity contribution in [2.45, 2.75) is 37.1 Å². The van der Waals surface area contributed by atoms with Crippen LogP contribution < -0.4 is 10.1 Å². The molecule has 0 fully saturated rings. The molecule has 0 radical (unpaired) electrons. The Morgan fingerprint density at radius 3 is 2.53 bits per heavy atom. The zero-order valence-corrected chi connectivity index (χ0v) is 12.9. The fourth-order valence-corrected chi connectivity index (χ4v) is 2.83. The van der Waals surface area contributed by atoms with Crippen molar-refractivity contribution in [3.63, 3.8) is 0 Å². The van der Waals surface area contributed by atoms with E-state index in [1.54, 1.807) is 7.11 Å². The van der Waals surface area contributed by atoms with Gasteiger partial charge in [-0.3, -0.25) is 0 Å². The number of aliphatic hydroxyl groups is 1. The van der Waals surface area contributed by atoms with Crippen LogP contribution >= 0.6 is 11.8 Å². The molecule has 1 unspecified atom stereocenters. The second kappa shape index (κ2) is 8.46. The van der Waals surface area contributed by atoms with Gasteiger partial charge < -0.3 is 15.2 Å². The summed E-state index contributed by atoms with van der Waals surface area (Å²) >= 11 is 1.84. The average molecular weight is 283 g/mol. The molecule has 0 aliphatic rings. The van der Waals surface area contributed by atoms with Gasteiger partial charge in [0, 0.05) is 10.4 Å². The molecular weight excluding hydrogens is 258 g/mol. The maximum absolute atomic E-state index is 9.41. The molecule has 1 rings (SSSR count). The molecule has 0 aromatic heterocycles. The van der Waals surface area contributed by atoms with Gasteiger partial charge in [-0.2, -0.15) is 0 Å². The Hall–Kier alpha value is -0.710. The maximum atomic E-state index is 9.41. The molecule has 0 amide bonds. The van der Waals surface area contributed by atoms with Crippen LogP contribution in [0, 0.1) is 0 Å². The third-order valence-corrected chi connectivity index (χ3v) is 4.25. The van der Waals surface area contributed by atoms with Crippen molar-refractivity contribution in [2.75, 3.05) is 26.0 Å². The first-order valence-corrected chi connectivity index (χ1v) is 7.75. The fourth-order valence-electron chi connectivity index (χ4n) is 1.97. The molecular formula is C15H25NO2S. The van der Waals surface area contributed by atoms with Crippen LogP contribution in [-0.4, -0.2) is 36.7 Å². The summed E-state index contributed by atoms with van der Waals surface area (Å²) in [5.74, 6) is 1.96. The van der Waals surface area contributed by atoms with Crippen molar-refractivity contribution >= 4 is 11.8 Å². The first kappa shape index (κ1) is 16.3. The molecule has 0 saturated carbocycles. The van der Waals surface area contributed by atoms with E-state index in [2.05, 4.69) is 31.3 Å². The Morgan fingerprint density at radius 1 is 1.32 bits per heavy atom. The number of ether oxygens (including phenoxy) is 1. The van der Waals surface area contributed by atoms with Crippen molar-refractivity contribution in [1.29, 1.82) is 0 Å². The number of thioether (sulfide) groups is 1. The van der Waals surface area contributed by atoms with Crippen LogP contribution in [-0.2, 0) is 0 Å². The summed E-state index contributed by atoms with van der Waals surface area (Å²) in [6.07, 6.45) is 2.07. The van der Waals surface area contributed by atoms with Crippen molar-refractivity contribution in [3.8, 4) is 5.75 Å². The lowest BCUT2D eigenvalue weighted by Gasteiger charge is -2.28. The summed E-state index contributed by atoms with van der Waals surface area (Å²) in [6, 6.07) is 8.13. The first-order chi connectivity index (χ1) is 9.13. The number of hydrogen-bond donors (Lipinski definition) is 2. The summed E-state index contributed by atoms with van der Waals surface area (Å²) in [5, 5.41) is 12.8. The Bertz CT molecular complexity index is 356. The molecule has 1 aromatic rings. The maximum Gasteiger partial charge on any atom is 0.118 e. The molecule has 3 nitrogen and oxygen atoms in total. The normalized spacial score (nSPS) is 14.1. The summed E-state index contributed by atoms with van der Waals surface area (Å²) in [7, 11) is 1.68. The number of hydrogen-bond acceptors (Lipinski definition) is 4. The van der Waals surface area contributed by atoms with E-state index in [0.29, 0.717) is 0 Å². The zero-order valence-electron chi connectivity index (χ0n) is 12.1. The van der Waals surface area contributed by atoms with E-state index in [4.69, 9.17) is 4.74 Å². The lowest BCUT2D eigenvalue weighted by atomic mass is 9.97. The van der Waals surface area contributed by atoms with E-state index in [1.165, 1.54) is 4.90 Å². The third kappa shape index (κ3) is 5.85. The molecule has 108 valence electrons. The van der Waals surface area contributed by atoms with E-state index in [9.17, 15) is 5.11 Å². The molecule has 1 atom stereocenters. The van der Waals surface area contributed by atoms with Gasteiger partial charge in [0.1, 0.15) is 5.75 Å². The van der Waals surface area contributed by atoms with Gasteiger partial charge >= 0.3 is 0 Å². The van der Waals surface area contributed by atoms with Gasteiger partial charge in [0.05, 0.1) is 13.7 Å². The second-order valence-electron chi connectivity index (χ2n) is 4.88. The second-order valence-corrected chi connectivity index (χ2v) is 6.04. The number of aliphatic hydroxyl groups excluding tert-OH is 1. The summed E-state index contributed by atoms with van der Waals surface area (Å²) in [4.78, 5) is 1.26. The molecule has 0 saturated heterocycles. The smallest absolute Gasteiger partial charge is 0.118 e. The topological polar surface area (TPSA) is 41.5 Å². The summed E-state index contributed by atoms with van der Waals surface area (Å²) < 4.78 is 5.14. The van der Waals surface area contributed by atoms with E-state index in [1.807, 2.05) is 23.9 Å². The van der Waals surface area contributed by atoms with E-state index in [0.717, 1.165) is 30.9 Å². The minimum atomic E-state index is -0.144. The fraction of sp³-hybridized carbons (Fsp3) is 0.600. The molecule has 19 heavy (non-hydrogen) atoms. The predicted molar refractivity (Wildman–Crippen MR) is 82.1 cm³/mol. The minimum Gasteiger partial charge on any atom is -0.497 e. The summed E-state index contributed by atoms with van der Waals surface area (Å²) in [6.45, 7) is 5.23. The van der Waals surface area contributed by atoms with Crippen LogP contribution in [0.5, 0.6) is 5.75 Å². The first-order valence-electron chi connectivity index (χ1n) is 6.76. The molecule has 2 N–H and O–H groups in total. The highest BCUT2D eigenvalue weighted by molar-refractivity contribution is 7.99. The van der Waals surface area contributed by atoms with E-state index in [-0.39, 0.29) is 12.1 Å². The Morgan fingerprint density at radius 2 is 2.00 bits per heavy atom. The number of benzene rings is 1. The number of likely N-dealkylation sites (N-methyl/N-ethyl adjacent to an activating group) is 1. The van der Waals surface area contributed by atoms with Gasteiger partial charge in [-0.15, -0.1) is 11.8 Å². The van der Waals surface area contributed by atoms with Crippen LogP contribution in [0.25, 0.3) is 0 Å². The van der Waals surface area contributed by atoms with Crippen LogP contribution in [0.3, 0.4) is 0 Å². The molecule has 1 aromatic carbocycles. The van der Waals surface area contributed by atoms with Crippen molar-refractivity contribution in [1.82, 2.24) is 5.32 Å². The summed E-state index contributed by atoms with van der Waals surface area (Å²) in [5.41, 5.74) is -0.144. The van der Waals surface area contributed by atoms with Crippen LogP contribution in [0.2, 0.25) is 0 Å². The molecule has 0 spiro atoms. The highest BCUT2D eigenvalue weighted by atomic mass is 32.2. The lowest BCUT2D eigenvalue weighted by molar-refractivity contribution is 0.167. The SMILES string of the molecule is CCNC(C)(CO)CCCSc1ccc(OC)cc1. The largest absolute Gasteiger partial charge is 0.497 e. The van der Waals surface area contributed by atoms with Gasteiger partial charge in [0.2, 0.25) is 0 Å². The van der Waals surface area contributed by atoms with Crippen molar-refractivity contribution in [3.05, 3.63) is 24.3 Å². The highest BCUT2D eigenvalue weighted by Gasteiger charge is 2.20. The Labute approximate surface area is 120 Å². The number of nitrogens with one attached hydrogen (secondary N) is 1. The van der Waals surface area contributed by atoms with Gasteiger partial charge in [-0.1, -0.05) is 6.92 Å². The third-order valence-electron chi connectivity index (χ3n) is 3.15. The van der Waals surface area contributed by atoms with Crippen molar-refractivity contribution in [2.24, 2.45) is 0 Å². The van der Waals surface area contributed by atoms with Crippen LogP contribution in [0.1, 0.15) is 26.7 Å². The molecule has 0 bridgehead atoms. The van der Waals surface area contributed by atoms with E-state index < -0.39 is 0 Å². The zero-order chi connectivity index (χ0) is 14.1. The van der Waals surface area contributed by atoms with Gasteiger partial charge in [-0.05, 0) is 56.3 Å². The van der Waals surface area contributed by atoms with Gasteiger partial charge in [0.15, 0.2) is 0 Å². The minimum absolute atomic E-state index is 0.144.